The van der Waals surface area contributed by atoms with Crippen LogP contribution in [-0.4, -0.2) is 53.7 Å². The van der Waals surface area contributed by atoms with Gasteiger partial charge in [-0.25, -0.2) is 0 Å². The van der Waals surface area contributed by atoms with E-state index in [4.69, 9.17) is 4.74 Å². The van der Waals surface area contributed by atoms with E-state index in [-0.39, 0.29) is 13.2 Å². The summed E-state index contributed by atoms with van der Waals surface area (Å²) in [7, 11) is 0. The van der Waals surface area contributed by atoms with Gasteiger partial charge in [0.1, 0.15) is 6.10 Å². The number of aliphatic hydroxyl groups excluding tert-OH is 1. The molecule has 0 radical (unpaired) electrons. The summed E-state index contributed by atoms with van der Waals surface area (Å²) in [6, 6.07) is 15.2. The van der Waals surface area contributed by atoms with Crippen molar-refractivity contribution in [2.24, 2.45) is 0 Å². The number of amides is 1. The maximum Gasteiger partial charge on any atom is 0.259 e. The molecule has 7 heteroatoms. The molecule has 1 fully saturated rings. The van der Waals surface area contributed by atoms with Crippen LogP contribution in [0.2, 0.25) is 0 Å². The van der Waals surface area contributed by atoms with Crippen molar-refractivity contribution in [3.63, 3.8) is 0 Å². The number of benzene rings is 2. The number of morpholine rings is 1. The second kappa shape index (κ2) is 8.83. The van der Waals surface area contributed by atoms with E-state index in [0.29, 0.717) is 6.54 Å². The molecule has 1 aromatic heterocycles. The van der Waals surface area contributed by atoms with Crippen LogP contribution in [0.3, 0.4) is 0 Å². The van der Waals surface area contributed by atoms with E-state index in [1.54, 1.807) is 11.1 Å². The lowest BCUT2D eigenvalue weighted by Gasteiger charge is -2.34. The molecule has 0 spiro atoms. The minimum atomic E-state index is -1.54. The van der Waals surface area contributed by atoms with Gasteiger partial charge in [-0.05, 0) is 49.6 Å². The van der Waals surface area contributed by atoms with Crippen LogP contribution in [0.15, 0.2) is 54.7 Å². The van der Waals surface area contributed by atoms with Crippen molar-refractivity contribution < 1.29 is 19.4 Å². The largest absolute Gasteiger partial charge is 0.382 e. The number of nitrogens with zero attached hydrogens (tertiary/aromatic N) is 2. The first-order valence-corrected chi connectivity index (χ1v) is 10.2. The van der Waals surface area contributed by atoms with Gasteiger partial charge in [-0.1, -0.05) is 23.8 Å². The first kappa shape index (κ1) is 21.0. The van der Waals surface area contributed by atoms with E-state index in [1.807, 2.05) is 62.4 Å². The smallest absolute Gasteiger partial charge is 0.259 e. The van der Waals surface area contributed by atoms with E-state index < -0.39 is 23.9 Å². The first-order chi connectivity index (χ1) is 14.9. The van der Waals surface area contributed by atoms with Crippen molar-refractivity contribution >= 4 is 33.8 Å². The molecule has 160 valence electrons. The summed E-state index contributed by atoms with van der Waals surface area (Å²) in [4.78, 5) is 31.3. The number of aryl methyl sites for hydroxylation is 2. The van der Waals surface area contributed by atoms with Gasteiger partial charge in [0.25, 0.3) is 5.91 Å². The topological polar surface area (TPSA) is 91.8 Å². The Kier molecular flexibility index (Phi) is 5.97. The average molecular weight is 419 g/mol. The van der Waals surface area contributed by atoms with E-state index in [2.05, 4.69) is 10.3 Å². The number of anilines is 2. The lowest BCUT2D eigenvalue weighted by atomic mass is 10.1. The van der Waals surface area contributed by atoms with Gasteiger partial charge >= 0.3 is 0 Å². The summed E-state index contributed by atoms with van der Waals surface area (Å²) in [6.45, 7) is 4.42. The van der Waals surface area contributed by atoms with Crippen LogP contribution >= 0.6 is 0 Å². The third kappa shape index (κ3) is 4.42. The van der Waals surface area contributed by atoms with E-state index in [1.165, 1.54) is 0 Å². The summed E-state index contributed by atoms with van der Waals surface area (Å²) in [5.74, 6) is -0.917. The number of carbonyl (C=O) groups is 2. The molecular weight excluding hydrogens is 394 g/mol. The van der Waals surface area contributed by atoms with Gasteiger partial charge in [0.15, 0.2) is 11.9 Å². The van der Waals surface area contributed by atoms with Crippen molar-refractivity contribution in [2.45, 2.75) is 26.1 Å². The van der Waals surface area contributed by atoms with Crippen LogP contribution in [0.1, 0.15) is 11.3 Å². The number of pyridine rings is 1. The Labute approximate surface area is 180 Å². The number of Topliss-reactive ketones (excluding diaryl/α,β-unsaturated/α-hetero) is 1. The summed E-state index contributed by atoms with van der Waals surface area (Å²) in [6.07, 6.45) is -1.02. The summed E-state index contributed by atoms with van der Waals surface area (Å²) < 4.78 is 5.47. The van der Waals surface area contributed by atoms with Crippen LogP contribution in [-0.2, 0) is 14.3 Å². The molecule has 31 heavy (non-hydrogen) atoms. The molecule has 1 amide bonds. The molecule has 2 N–H and O–H groups in total. The maximum absolute atomic E-state index is 12.9. The van der Waals surface area contributed by atoms with Crippen molar-refractivity contribution in [3.8, 4) is 0 Å². The molecule has 0 saturated carbocycles. The summed E-state index contributed by atoms with van der Waals surface area (Å²) in [5, 5.41) is 15.6. The molecule has 2 aromatic carbocycles. The number of aromatic nitrogens is 1. The fourth-order valence-corrected chi connectivity index (χ4v) is 3.71. The monoisotopic (exact) mass is 419 g/mol. The zero-order valence-electron chi connectivity index (χ0n) is 17.5. The zero-order chi connectivity index (χ0) is 22.0. The fraction of sp³-hybridized carbons (Fsp3) is 0.292. The Morgan fingerprint density at radius 3 is 2.77 bits per heavy atom. The van der Waals surface area contributed by atoms with Crippen LogP contribution in [0.25, 0.3) is 10.8 Å². The van der Waals surface area contributed by atoms with Gasteiger partial charge in [0.05, 0.1) is 13.2 Å². The number of aliphatic hydroxyl groups is 1. The molecule has 2 heterocycles. The van der Waals surface area contributed by atoms with Crippen molar-refractivity contribution in [2.75, 3.05) is 29.9 Å². The van der Waals surface area contributed by atoms with Crippen molar-refractivity contribution in [3.05, 3.63) is 66.0 Å². The minimum absolute atomic E-state index is 0.117. The maximum atomic E-state index is 12.9. The van der Waals surface area contributed by atoms with Gasteiger partial charge < -0.3 is 20.1 Å². The normalized spacial score (nSPS) is 17.6. The molecule has 1 aliphatic rings. The highest BCUT2D eigenvalue weighted by Gasteiger charge is 2.38. The lowest BCUT2D eigenvalue weighted by Crippen LogP contribution is -2.55. The van der Waals surface area contributed by atoms with Gasteiger partial charge in [-0.3, -0.25) is 14.6 Å². The van der Waals surface area contributed by atoms with Gasteiger partial charge in [0.2, 0.25) is 0 Å². The molecule has 0 bridgehead atoms. The second-order valence-electron chi connectivity index (χ2n) is 7.71. The Morgan fingerprint density at radius 2 is 2.00 bits per heavy atom. The standard InChI is InChI=1S/C24H25N3O4/c1-15-3-6-19(7-4-15)27-11-12-31-23(24(27)30)22(29)21(28)14-26-18-5-8-20-16(2)25-10-9-17(20)13-18/h3-10,13,22-23,26,29H,11-12,14H2,1-2H3. The number of rotatable bonds is 6. The van der Waals surface area contributed by atoms with Crippen molar-refractivity contribution in [1.82, 2.24) is 4.98 Å². The summed E-state index contributed by atoms with van der Waals surface area (Å²) >= 11 is 0. The third-order valence-electron chi connectivity index (χ3n) is 5.51. The number of hydrogen-bond donors (Lipinski definition) is 2. The highest BCUT2D eigenvalue weighted by Crippen LogP contribution is 2.22. The SMILES string of the molecule is Cc1ccc(N2CCOC(C(O)C(=O)CNc3ccc4c(C)nccc4c3)C2=O)cc1. The molecule has 1 aliphatic heterocycles. The number of ether oxygens (including phenoxy) is 1. The van der Waals surface area contributed by atoms with Crippen LogP contribution in [0, 0.1) is 13.8 Å². The highest BCUT2D eigenvalue weighted by atomic mass is 16.5. The van der Waals surface area contributed by atoms with Gasteiger partial charge in [0, 0.05) is 35.2 Å². The van der Waals surface area contributed by atoms with Crippen molar-refractivity contribution in [1.29, 1.82) is 0 Å². The predicted octanol–water partition coefficient (Wildman–Crippen LogP) is 2.63. The van der Waals surface area contributed by atoms with Gasteiger partial charge in [-0.15, -0.1) is 0 Å². The molecule has 0 aliphatic carbocycles. The lowest BCUT2D eigenvalue weighted by molar-refractivity contribution is -0.150. The van der Waals surface area contributed by atoms with E-state index in [0.717, 1.165) is 33.4 Å². The second-order valence-corrected chi connectivity index (χ2v) is 7.71. The number of carbonyl (C=O) groups excluding carboxylic acids is 2. The molecular formula is C24H25N3O4. The predicted molar refractivity (Wildman–Crippen MR) is 119 cm³/mol. The highest BCUT2D eigenvalue weighted by molar-refractivity contribution is 6.02. The minimum Gasteiger partial charge on any atom is -0.382 e. The average Bonchev–Trinajstić information content (AvgIpc) is 2.78. The number of nitrogens with one attached hydrogen (secondary N) is 1. The van der Waals surface area contributed by atoms with E-state index >= 15 is 0 Å². The quantitative estimate of drug-likeness (QED) is 0.638. The zero-order valence-corrected chi connectivity index (χ0v) is 17.5. The van der Waals surface area contributed by atoms with Crippen LogP contribution in [0.5, 0.6) is 0 Å². The number of ketones is 1. The third-order valence-corrected chi connectivity index (χ3v) is 5.51. The number of fused-ring (bicyclic) bond motifs is 1. The van der Waals surface area contributed by atoms with Crippen LogP contribution in [0.4, 0.5) is 11.4 Å². The molecule has 4 rings (SSSR count). The molecule has 2 unspecified atom stereocenters. The van der Waals surface area contributed by atoms with E-state index in [9.17, 15) is 14.7 Å². The summed E-state index contributed by atoms with van der Waals surface area (Å²) in [5.41, 5.74) is 3.49. The Balaban J connectivity index is 1.41. The molecule has 1 saturated heterocycles. The van der Waals surface area contributed by atoms with Gasteiger partial charge in [-0.2, -0.15) is 0 Å². The Hall–Kier alpha value is -3.29. The van der Waals surface area contributed by atoms with Crippen LogP contribution < -0.4 is 10.2 Å². The number of hydrogen-bond acceptors (Lipinski definition) is 6. The Bertz CT molecular complexity index is 1110. The Morgan fingerprint density at radius 1 is 1.23 bits per heavy atom. The molecule has 2 atom stereocenters. The molecule has 7 nitrogen and oxygen atoms in total. The first-order valence-electron chi connectivity index (χ1n) is 10.2. The molecule has 3 aromatic rings. The fourth-order valence-electron chi connectivity index (χ4n) is 3.71.